The summed E-state index contributed by atoms with van der Waals surface area (Å²) in [5, 5.41) is 9.70. The van der Waals surface area contributed by atoms with Gasteiger partial charge in [-0.25, -0.2) is 0 Å². The van der Waals surface area contributed by atoms with Crippen LogP contribution in [-0.4, -0.2) is 16.9 Å². The average Bonchev–Trinajstić information content (AvgIpc) is 2.39. The number of carbonyl (C=O) groups excluding carboxylic acids is 1. The third kappa shape index (κ3) is 2.62. The number of benzene rings is 1. The van der Waals surface area contributed by atoms with Gasteiger partial charge in [0.2, 0.25) is 0 Å². The summed E-state index contributed by atoms with van der Waals surface area (Å²) in [4.78, 5) is 23.4. The SMILES string of the molecule is O=C(O)C1CC=CCC1C(=O)c1ccc(Cl)cc1. The maximum atomic E-state index is 12.3. The molecule has 94 valence electrons. The quantitative estimate of drug-likeness (QED) is 0.674. The molecule has 0 fully saturated rings. The van der Waals surface area contributed by atoms with Crippen LogP contribution < -0.4 is 0 Å². The van der Waals surface area contributed by atoms with Crippen molar-refractivity contribution >= 4 is 23.4 Å². The zero-order valence-corrected chi connectivity index (χ0v) is 10.4. The number of hydrogen-bond acceptors (Lipinski definition) is 2. The van der Waals surface area contributed by atoms with E-state index in [1.165, 1.54) is 0 Å². The lowest BCUT2D eigenvalue weighted by Gasteiger charge is -2.23. The second kappa shape index (κ2) is 5.36. The molecule has 1 N–H and O–H groups in total. The number of carboxylic acids is 1. The topological polar surface area (TPSA) is 54.4 Å². The summed E-state index contributed by atoms with van der Waals surface area (Å²) in [5.74, 6) is -2.14. The minimum Gasteiger partial charge on any atom is -0.481 e. The Morgan fingerprint density at radius 3 is 2.17 bits per heavy atom. The third-order valence-corrected chi connectivity index (χ3v) is 3.47. The highest BCUT2D eigenvalue weighted by Crippen LogP contribution is 2.29. The average molecular weight is 265 g/mol. The van der Waals surface area contributed by atoms with Gasteiger partial charge in [0.05, 0.1) is 5.92 Å². The molecule has 4 heteroatoms. The van der Waals surface area contributed by atoms with E-state index >= 15 is 0 Å². The Morgan fingerprint density at radius 2 is 1.61 bits per heavy atom. The normalized spacial score (nSPS) is 22.7. The lowest BCUT2D eigenvalue weighted by atomic mass is 9.78. The molecule has 3 nitrogen and oxygen atoms in total. The van der Waals surface area contributed by atoms with E-state index in [0.29, 0.717) is 23.4 Å². The molecule has 0 aliphatic heterocycles. The molecule has 2 unspecified atom stereocenters. The van der Waals surface area contributed by atoms with Crippen LogP contribution in [-0.2, 0) is 4.79 Å². The van der Waals surface area contributed by atoms with E-state index in [-0.39, 0.29) is 5.78 Å². The maximum Gasteiger partial charge on any atom is 0.307 e. The fraction of sp³-hybridized carbons (Fsp3) is 0.286. The summed E-state index contributed by atoms with van der Waals surface area (Å²) >= 11 is 5.76. The highest BCUT2D eigenvalue weighted by Gasteiger charge is 2.34. The van der Waals surface area contributed by atoms with E-state index in [1.807, 2.05) is 12.2 Å². The highest BCUT2D eigenvalue weighted by molar-refractivity contribution is 6.30. The number of aliphatic carboxylic acids is 1. The summed E-state index contributed by atoms with van der Waals surface area (Å²) < 4.78 is 0. The summed E-state index contributed by atoms with van der Waals surface area (Å²) in [7, 11) is 0. The highest BCUT2D eigenvalue weighted by atomic mass is 35.5. The lowest BCUT2D eigenvalue weighted by molar-refractivity contribution is -0.143. The second-order valence-corrected chi connectivity index (χ2v) is 4.80. The van der Waals surface area contributed by atoms with Gasteiger partial charge in [-0.05, 0) is 37.1 Å². The van der Waals surface area contributed by atoms with Gasteiger partial charge in [-0.1, -0.05) is 23.8 Å². The van der Waals surface area contributed by atoms with Crippen LogP contribution in [0.3, 0.4) is 0 Å². The van der Waals surface area contributed by atoms with Crippen molar-refractivity contribution in [3.8, 4) is 0 Å². The van der Waals surface area contributed by atoms with Crippen LogP contribution in [0, 0.1) is 11.8 Å². The van der Waals surface area contributed by atoms with E-state index in [9.17, 15) is 9.59 Å². The molecular formula is C14H13ClO3. The van der Waals surface area contributed by atoms with Gasteiger partial charge in [0.15, 0.2) is 5.78 Å². The van der Waals surface area contributed by atoms with Crippen molar-refractivity contribution in [1.29, 1.82) is 0 Å². The van der Waals surface area contributed by atoms with Gasteiger partial charge in [-0.3, -0.25) is 9.59 Å². The predicted octanol–water partition coefficient (Wildman–Crippen LogP) is 3.19. The zero-order valence-electron chi connectivity index (χ0n) is 9.67. The van der Waals surface area contributed by atoms with Crippen molar-refractivity contribution in [3.63, 3.8) is 0 Å². The Kier molecular flexibility index (Phi) is 3.82. The van der Waals surface area contributed by atoms with E-state index in [1.54, 1.807) is 24.3 Å². The molecule has 1 aliphatic carbocycles. The van der Waals surface area contributed by atoms with Crippen LogP contribution in [0.15, 0.2) is 36.4 Å². The van der Waals surface area contributed by atoms with Crippen LogP contribution >= 0.6 is 11.6 Å². The van der Waals surface area contributed by atoms with Crippen LogP contribution in [0.2, 0.25) is 5.02 Å². The fourth-order valence-electron chi connectivity index (χ4n) is 2.21. The van der Waals surface area contributed by atoms with Gasteiger partial charge >= 0.3 is 5.97 Å². The Balaban J connectivity index is 2.24. The molecule has 0 saturated heterocycles. The van der Waals surface area contributed by atoms with E-state index in [4.69, 9.17) is 16.7 Å². The van der Waals surface area contributed by atoms with Crippen LogP contribution in [0.4, 0.5) is 0 Å². The van der Waals surface area contributed by atoms with Crippen molar-refractivity contribution in [1.82, 2.24) is 0 Å². The molecule has 2 atom stereocenters. The molecule has 0 saturated carbocycles. The first-order valence-corrected chi connectivity index (χ1v) is 6.15. The molecule has 0 bridgehead atoms. The lowest BCUT2D eigenvalue weighted by Crippen LogP contribution is -2.31. The van der Waals surface area contributed by atoms with E-state index in [0.717, 1.165) is 0 Å². The molecule has 1 aliphatic rings. The smallest absolute Gasteiger partial charge is 0.307 e. The molecule has 0 radical (unpaired) electrons. The summed E-state index contributed by atoms with van der Waals surface area (Å²) in [5.41, 5.74) is 0.519. The first kappa shape index (κ1) is 12.8. The van der Waals surface area contributed by atoms with Crippen LogP contribution in [0.5, 0.6) is 0 Å². The number of carboxylic acid groups (broad SMARTS) is 1. The molecule has 2 rings (SSSR count). The summed E-state index contributed by atoms with van der Waals surface area (Å²) in [6.07, 6.45) is 4.60. The molecule has 1 aromatic carbocycles. The first-order valence-electron chi connectivity index (χ1n) is 5.77. The molecule has 0 spiro atoms. The van der Waals surface area contributed by atoms with Crippen LogP contribution in [0.1, 0.15) is 23.2 Å². The maximum absolute atomic E-state index is 12.3. The van der Waals surface area contributed by atoms with Gasteiger partial charge in [-0.2, -0.15) is 0 Å². The standard InChI is InChI=1S/C14H13ClO3/c15-10-7-5-9(6-8-10)13(16)11-3-1-2-4-12(11)14(17)18/h1-2,5-8,11-12H,3-4H2,(H,17,18). The first-order chi connectivity index (χ1) is 8.59. The van der Waals surface area contributed by atoms with Gasteiger partial charge in [0.1, 0.15) is 0 Å². The van der Waals surface area contributed by atoms with Gasteiger partial charge in [0, 0.05) is 16.5 Å². The summed E-state index contributed by atoms with van der Waals surface area (Å²) in [6.45, 7) is 0. The molecule has 18 heavy (non-hydrogen) atoms. The number of halogens is 1. The largest absolute Gasteiger partial charge is 0.481 e. The number of hydrogen-bond donors (Lipinski definition) is 1. The van der Waals surface area contributed by atoms with Gasteiger partial charge < -0.3 is 5.11 Å². The Hall–Kier alpha value is -1.61. The van der Waals surface area contributed by atoms with Crippen molar-refractivity contribution < 1.29 is 14.7 Å². The fourth-order valence-corrected chi connectivity index (χ4v) is 2.33. The second-order valence-electron chi connectivity index (χ2n) is 4.37. The minimum absolute atomic E-state index is 0.122. The molecule has 0 aromatic heterocycles. The zero-order chi connectivity index (χ0) is 13.1. The Bertz CT molecular complexity index is 490. The van der Waals surface area contributed by atoms with Crippen molar-refractivity contribution in [3.05, 3.63) is 47.0 Å². The number of ketones is 1. The molecular weight excluding hydrogens is 252 g/mol. The van der Waals surface area contributed by atoms with Gasteiger partial charge in [0.25, 0.3) is 0 Å². The molecule has 1 aromatic rings. The predicted molar refractivity (Wildman–Crippen MR) is 68.8 cm³/mol. The Labute approximate surface area is 110 Å². The summed E-state index contributed by atoms with van der Waals surface area (Å²) in [6, 6.07) is 6.57. The van der Waals surface area contributed by atoms with Gasteiger partial charge in [-0.15, -0.1) is 0 Å². The van der Waals surface area contributed by atoms with E-state index in [2.05, 4.69) is 0 Å². The number of Topliss-reactive ketones (excluding diaryl/α,β-unsaturated/α-hetero) is 1. The number of allylic oxidation sites excluding steroid dienone is 2. The third-order valence-electron chi connectivity index (χ3n) is 3.22. The number of carbonyl (C=O) groups is 2. The van der Waals surface area contributed by atoms with Crippen LogP contribution in [0.25, 0.3) is 0 Å². The molecule has 0 heterocycles. The van der Waals surface area contributed by atoms with Crippen molar-refractivity contribution in [2.45, 2.75) is 12.8 Å². The Morgan fingerprint density at radius 1 is 1.06 bits per heavy atom. The van der Waals surface area contributed by atoms with E-state index < -0.39 is 17.8 Å². The van der Waals surface area contributed by atoms with Crippen molar-refractivity contribution in [2.24, 2.45) is 11.8 Å². The monoisotopic (exact) mass is 264 g/mol. The number of rotatable bonds is 3. The minimum atomic E-state index is -0.910. The molecule has 0 amide bonds. The van der Waals surface area contributed by atoms with Crippen molar-refractivity contribution in [2.75, 3.05) is 0 Å².